The van der Waals surface area contributed by atoms with Gasteiger partial charge in [0.25, 0.3) is 0 Å². The van der Waals surface area contributed by atoms with Gasteiger partial charge in [0, 0.05) is 17.6 Å². The van der Waals surface area contributed by atoms with Crippen LogP contribution in [0.4, 0.5) is 10.5 Å². The molecule has 1 saturated carbocycles. The summed E-state index contributed by atoms with van der Waals surface area (Å²) in [6.45, 7) is 0.588. The van der Waals surface area contributed by atoms with E-state index in [4.69, 9.17) is 11.6 Å². The first-order chi connectivity index (χ1) is 11.2. The highest BCUT2D eigenvalue weighted by molar-refractivity contribution is 6.30. The van der Waals surface area contributed by atoms with Crippen molar-refractivity contribution in [3.63, 3.8) is 0 Å². The van der Waals surface area contributed by atoms with Gasteiger partial charge < -0.3 is 10.2 Å². The number of carbonyl (C=O) groups is 1. The summed E-state index contributed by atoms with van der Waals surface area (Å²) in [6, 6.07) is 19.1. The van der Waals surface area contributed by atoms with E-state index in [-0.39, 0.29) is 6.03 Å². The van der Waals surface area contributed by atoms with Gasteiger partial charge in [-0.15, -0.1) is 0 Å². The van der Waals surface area contributed by atoms with E-state index in [0.717, 1.165) is 18.4 Å². The molecule has 1 N–H and O–H groups in total. The van der Waals surface area contributed by atoms with Gasteiger partial charge in [-0.05, 0) is 48.7 Å². The molecule has 0 bridgehead atoms. The number of anilines is 1. The number of benzene rings is 1. The molecular formula is C19H19ClN2O. The lowest BCUT2D eigenvalue weighted by atomic mass is 10.1. The number of halogens is 1. The highest BCUT2D eigenvalue weighted by atomic mass is 35.5. The Kier molecular flexibility index (Phi) is 5.05. The Morgan fingerprint density at radius 3 is 2.61 bits per heavy atom. The minimum absolute atomic E-state index is 0.0808. The van der Waals surface area contributed by atoms with E-state index in [9.17, 15) is 4.79 Å². The minimum Gasteiger partial charge on any atom is -0.317 e. The van der Waals surface area contributed by atoms with E-state index in [1.54, 1.807) is 6.07 Å². The lowest BCUT2D eigenvalue weighted by Crippen LogP contribution is -2.41. The van der Waals surface area contributed by atoms with Crippen molar-refractivity contribution < 1.29 is 4.79 Å². The fourth-order valence-corrected chi connectivity index (χ4v) is 3.11. The van der Waals surface area contributed by atoms with Crippen molar-refractivity contribution in [3.8, 4) is 0 Å². The van der Waals surface area contributed by atoms with Gasteiger partial charge in [-0.3, -0.25) is 0 Å². The fraction of sp³-hybridized carbons (Fsp3) is 0.316. The van der Waals surface area contributed by atoms with Gasteiger partial charge in [0.1, 0.15) is 0 Å². The van der Waals surface area contributed by atoms with Crippen molar-refractivity contribution >= 4 is 23.3 Å². The highest BCUT2D eigenvalue weighted by Crippen LogP contribution is 2.26. The maximum absolute atomic E-state index is 12.7. The van der Waals surface area contributed by atoms with Crippen molar-refractivity contribution in [3.05, 3.63) is 65.2 Å². The van der Waals surface area contributed by atoms with Crippen LogP contribution in [0.3, 0.4) is 0 Å². The molecule has 3 rings (SSSR count). The monoisotopic (exact) mass is 326 g/mol. The number of rotatable bonds is 4. The SMILES string of the molecule is O=C(Nc1c#cccc1)N(Cc1ccc(Cl)cc1)C1CCCC1. The number of nitrogens with zero attached hydrogens (tertiary/aromatic N) is 1. The van der Waals surface area contributed by atoms with Gasteiger partial charge in [-0.1, -0.05) is 48.7 Å². The molecule has 0 radical (unpaired) electrons. The molecule has 4 heteroatoms. The van der Waals surface area contributed by atoms with Crippen LogP contribution in [0.1, 0.15) is 31.2 Å². The molecule has 3 nitrogen and oxygen atoms in total. The van der Waals surface area contributed by atoms with E-state index < -0.39 is 0 Å². The topological polar surface area (TPSA) is 32.3 Å². The maximum atomic E-state index is 12.7. The van der Waals surface area contributed by atoms with Gasteiger partial charge in [0.2, 0.25) is 0 Å². The summed E-state index contributed by atoms with van der Waals surface area (Å²) < 4.78 is 0. The van der Waals surface area contributed by atoms with Crippen LogP contribution in [0.15, 0.2) is 42.5 Å². The van der Waals surface area contributed by atoms with Crippen LogP contribution >= 0.6 is 11.6 Å². The quantitative estimate of drug-likeness (QED) is 0.850. The Hall–Kier alpha value is -2.18. The molecule has 2 amide bonds. The molecule has 2 aromatic carbocycles. The Morgan fingerprint density at radius 2 is 1.96 bits per heavy atom. The number of nitrogens with one attached hydrogen (secondary N) is 1. The van der Waals surface area contributed by atoms with E-state index in [2.05, 4.69) is 17.4 Å². The van der Waals surface area contributed by atoms with E-state index in [1.807, 2.05) is 41.3 Å². The Labute approximate surface area is 142 Å². The Balaban J connectivity index is 1.74. The van der Waals surface area contributed by atoms with Crippen LogP contribution in [-0.4, -0.2) is 17.0 Å². The molecule has 0 aromatic heterocycles. The summed E-state index contributed by atoms with van der Waals surface area (Å²) in [6.07, 6.45) is 4.48. The molecule has 1 aliphatic carbocycles. The summed E-state index contributed by atoms with van der Waals surface area (Å²) in [5.74, 6) is 0. The van der Waals surface area contributed by atoms with Crippen LogP contribution in [0, 0.1) is 12.1 Å². The van der Waals surface area contributed by atoms with Gasteiger partial charge in [0.15, 0.2) is 0 Å². The molecule has 0 spiro atoms. The van der Waals surface area contributed by atoms with Crippen molar-refractivity contribution in [1.29, 1.82) is 0 Å². The summed E-state index contributed by atoms with van der Waals surface area (Å²) in [7, 11) is 0. The zero-order valence-electron chi connectivity index (χ0n) is 12.9. The Bertz CT molecular complexity index is 636. The van der Waals surface area contributed by atoms with Crippen LogP contribution in [0.5, 0.6) is 0 Å². The third-order valence-electron chi connectivity index (χ3n) is 4.18. The highest BCUT2D eigenvalue weighted by Gasteiger charge is 2.26. The number of hydrogen-bond acceptors (Lipinski definition) is 1. The van der Waals surface area contributed by atoms with E-state index in [0.29, 0.717) is 23.3 Å². The third-order valence-corrected chi connectivity index (χ3v) is 4.44. The molecular weight excluding hydrogens is 308 g/mol. The lowest BCUT2D eigenvalue weighted by Gasteiger charge is -2.29. The zero-order valence-corrected chi connectivity index (χ0v) is 13.6. The van der Waals surface area contributed by atoms with Crippen LogP contribution in [-0.2, 0) is 6.54 Å². The average molecular weight is 327 g/mol. The fourth-order valence-electron chi connectivity index (χ4n) is 2.98. The predicted molar refractivity (Wildman–Crippen MR) is 92.4 cm³/mol. The second kappa shape index (κ2) is 7.39. The molecule has 118 valence electrons. The standard InChI is InChI=1S/C19H19ClN2O/c20-16-12-10-15(11-13-16)14-22(18-8-4-5-9-18)19(23)21-17-6-2-1-3-7-17/h1-2,6,10-13,18H,4-5,8-9,14H2,(H,21,23). The Morgan fingerprint density at radius 1 is 1.22 bits per heavy atom. The molecule has 0 aliphatic heterocycles. The summed E-state index contributed by atoms with van der Waals surface area (Å²) >= 11 is 5.94. The lowest BCUT2D eigenvalue weighted by molar-refractivity contribution is 0.184. The van der Waals surface area contributed by atoms with Gasteiger partial charge in [-0.2, -0.15) is 0 Å². The maximum Gasteiger partial charge on any atom is 0.322 e. The van der Waals surface area contributed by atoms with Crippen molar-refractivity contribution in [1.82, 2.24) is 4.90 Å². The first-order valence-electron chi connectivity index (χ1n) is 7.93. The number of hydrogen-bond donors (Lipinski definition) is 1. The largest absolute Gasteiger partial charge is 0.322 e. The summed E-state index contributed by atoms with van der Waals surface area (Å²) in [5.41, 5.74) is 1.73. The molecule has 0 atom stereocenters. The zero-order chi connectivity index (χ0) is 16.1. The second-order valence-electron chi connectivity index (χ2n) is 5.83. The average Bonchev–Trinajstić information content (AvgIpc) is 3.09. The predicted octanol–water partition coefficient (Wildman–Crippen LogP) is 4.92. The molecule has 2 aromatic rings. The summed E-state index contributed by atoms with van der Waals surface area (Å²) in [4.78, 5) is 14.7. The third kappa shape index (κ3) is 4.18. The normalized spacial score (nSPS) is 14.3. The molecule has 1 fully saturated rings. The number of carbonyl (C=O) groups excluding carboxylic acids is 1. The molecule has 0 unspecified atom stereocenters. The van der Waals surface area contributed by atoms with E-state index in [1.165, 1.54) is 12.8 Å². The van der Waals surface area contributed by atoms with Gasteiger partial charge in [-0.25, -0.2) is 4.79 Å². The molecule has 1 aliphatic rings. The number of amides is 2. The molecule has 23 heavy (non-hydrogen) atoms. The number of urea groups is 1. The van der Waals surface area contributed by atoms with Crippen LogP contribution < -0.4 is 5.32 Å². The smallest absolute Gasteiger partial charge is 0.317 e. The summed E-state index contributed by atoms with van der Waals surface area (Å²) in [5, 5.41) is 3.63. The van der Waals surface area contributed by atoms with Crippen LogP contribution in [0.2, 0.25) is 5.02 Å². The van der Waals surface area contributed by atoms with Crippen molar-refractivity contribution in [2.75, 3.05) is 5.32 Å². The van der Waals surface area contributed by atoms with E-state index >= 15 is 0 Å². The first kappa shape index (κ1) is 15.7. The minimum atomic E-state index is -0.0808. The van der Waals surface area contributed by atoms with Gasteiger partial charge in [0.05, 0.1) is 5.69 Å². The van der Waals surface area contributed by atoms with Crippen molar-refractivity contribution in [2.24, 2.45) is 0 Å². The van der Waals surface area contributed by atoms with Gasteiger partial charge >= 0.3 is 6.03 Å². The molecule has 0 heterocycles. The molecule has 0 saturated heterocycles. The second-order valence-corrected chi connectivity index (χ2v) is 6.27. The first-order valence-corrected chi connectivity index (χ1v) is 8.30. The van der Waals surface area contributed by atoms with Crippen molar-refractivity contribution in [2.45, 2.75) is 38.3 Å². The van der Waals surface area contributed by atoms with Crippen LogP contribution in [0.25, 0.3) is 0 Å².